The molecule has 0 aliphatic carbocycles. The standard InChI is InChI=1S/C28H40N6O3/c1-6-26(36)34-14-12-33(13-15-34)25(16-21(3)4)23-10-8-22(9-11-23)17-29-28-30-18-24(19-37-5)27(31-28)32(7-2)20-35/h6,8-11,18,20-21,25H,1,7,12-17,19H2,2-5H3,(H,29,30,31). The average molecular weight is 509 g/mol. The molecule has 3 rings (SSSR count). The zero-order valence-corrected chi connectivity index (χ0v) is 22.5. The SMILES string of the molecule is C=CC(=O)N1CCN(C(CC(C)C)c2ccc(CNc3ncc(COC)c(N(C=O)CC)n3)cc2)CC1. The van der Waals surface area contributed by atoms with E-state index in [0.717, 1.165) is 50.1 Å². The molecule has 200 valence electrons. The van der Waals surface area contributed by atoms with Crippen LogP contribution < -0.4 is 10.2 Å². The molecule has 1 aromatic heterocycles. The van der Waals surface area contributed by atoms with Crippen molar-refractivity contribution in [3.63, 3.8) is 0 Å². The molecule has 1 aliphatic heterocycles. The van der Waals surface area contributed by atoms with Crippen LogP contribution in [0.25, 0.3) is 0 Å². The van der Waals surface area contributed by atoms with Crippen molar-refractivity contribution in [1.29, 1.82) is 0 Å². The number of aromatic nitrogens is 2. The van der Waals surface area contributed by atoms with Crippen molar-refractivity contribution >= 4 is 24.1 Å². The van der Waals surface area contributed by atoms with Gasteiger partial charge in [0.1, 0.15) is 5.82 Å². The Labute approximate surface area is 220 Å². The van der Waals surface area contributed by atoms with Gasteiger partial charge < -0.3 is 15.0 Å². The van der Waals surface area contributed by atoms with Crippen molar-refractivity contribution < 1.29 is 14.3 Å². The molecule has 0 radical (unpaired) electrons. The number of ether oxygens (including phenoxy) is 1. The number of hydrogen-bond donors (Lipinski definition) is 1. The van der Waals surface area contributed by atoms with E-state index in [-0.39, 0.29) is 5.91 Å². The van der Waals surface area contributed by atoms with Gasteiger partial charge in [-0.3, -0.25) is 19.4 Å². The summed E-state index contributed by atoms with van der Waals surface area (Å²) in [4.78, 5) is 38.3. The number of nitrogens with zero attached hydrogens (tertiary/aromatic N) is 5. The van der Waals surface area contributed by atoms with Crippen molar-refractivity contribution in [3.8, 4) is 0 Å². The first-order chi connectivity index (χ1) is 17.9. The van der Waals surface area contributed by atoms with Gasteiger partial charge in [0.05, 0.1) is 6.61 Å². The van der Waals surface area contributed by atoms with E-state index in [1.165, 1.54) is 16.5 Å². The Balaban J connectivity index is 1.68. The normalized spacial score (nSPS) is 14.9. The van der Waals surface area contributed by atoms with Gasteiger partial charge in [-0.05, 0) is 36.5 Å². The molecule has 1 aliphatic rings. The van der Waals surface area contributed by atoms with Crippen LogP contribution in [0.5, 0.6) is 0 Å². The molecule has 1 saturated heterocycles. The summed E-state index contributed by atoms with van der Waals surface area (Å²) in [6.07, 6.45) is 4.93. The molecule has 0 bridgehead atoms. The molecule has 37 heavy (non-hydrogen) atoms. The van der Waals surface area contributed by atoms with Gasteiger partial charge in [-0.1, -0.05) is 44.7 Å². The Bertz CT molecular complexity index is 1030. The van der Waals surface area contributed by atoms with E-state index in [0.29, 0.717) is 43.4 Å². The smallest absolute Gasteiger partial charge is 0.246 e. The Morgan fingerprint density at radius 1 is 1.22 bits per heavy atom. The number of amides is 2. The largest absolute Gasteiger partial charge is 0.380 e. The van der Waals surface area contributed by atoms with E-state index >= 15 is 0 Å². The van der Waals surface area contributed by atoms with Gasteiger partial charge >= 0.3 is 0 Å². The predicted octanol–water partition coefficient (Wildman–Crippen LogP) is 3.64. The third-order valence-electron chi connectivity index (χ3n) is 6.63. The van der Waals surface area contributed by atoms with Crippen LogP contribution in [-0.2, 0) is 27.5 Å². The minimum Gasteiger partial charge on any atom is -0.380 e. The van der Waals surface area contributed by atoms with E-state index in [1.807, 2.05) is 11.8 Å². The summed E-state index contributed by atoms with van der Waals surface area (Å²) in [5.74, 6) is 1.58. The maximum atomic E-state index is 12.0. The molecular weight excluding hydrogens is 468 g/mol. The van der Waals surface area contributed by atoms with Gasteiger partial charge in [-0.25, -0.2) is 4.98 Å². The van der Waals surface area contributed by atoms with E-state index < -0.39 is 0 Å². The van der Waals surface area contributed by atoms with Crippen LogP contribution in [0.1, 0.15) is 49.9 Å². The fraction of sp³-hybridized carbons (Fsp3) is 0.500. The molecule has 0 spiro atoms. The number of piperazine rings is 1. The Morgan fingerprint density at radius 3 is 2.49 bits per heavy atom. The molecule has 1 fully saturated rings. The lowest BCUT2D eigenvalue weighted by molar-refractivity contribution is -0.128. The topological polar surface area (TPSA) is 90.9 Å². The number of anilines is 2. The maximum absolute atomic E-state index is 12.0. The Kier molecular flexibility index (Phi) is 10.6. The summed E-state index contributed by atoms with van der Waals surface area (Å²) in [7, 11) is 1.60. The zero-order valence-electron chi connectivity index (χ0n) is 22.5. The molecule has 1 aromatic carbocycles. The third kappa shape index (κ3) is 7.60. The Morgan fingerprint density at radius 2 is 1.92 bits per heavy atom. The molecule has 2 amide bonds. The van der Waals surface area contributed by atoms with Crippen LogP contribution >= 0.6 is 0 Å². The van der Waals surface area contributed by atoms with Gasteiger partial charge in [0, 0.05) is 64.2 Å². The van der Waals surface area contributed by atoms with Crippen molar-refractivity contribution in [2.75, 3.05) is 50.1 Å². The molecule has 1 N–H and O–H groups in total. The average Bonchev–Trinajstić information content (AvgIpc) is 2.92. The van der Waals surface area contributed by atoms with Crippen LogP contribution in [-0.4, -0.2) is 71.9 Å². The zero-order chi connectivity index (χ0) is 26.8. The lowest BCUT2D eigenvalue weighted by Crippen LogP contribution is -2.49. The molecule has 9 heteroatoms. The van der Waals surface area contributed by atoms with Crippen molar-refractivity contribution in [2.24, 2.45) is 5.92 Å². The number of benzene rings is 1. The second-order valence-electron chi connectivity index (χ2n) is 9.67. The van der Waals surface area contributed by atoms with Crippen LogP contribution in [0.4, 0.5) is 11.8 Å². The molecule has 2 aromatic rings. The fourth-order valence-corrected chi connectivity index (χ4v) is 4.63. The highest BCUT2D eigenvalue weighted by Gasteiger charge is 2.27. The second-order valence-corrected chi connectivity index (χ2v) is 9.67. The number of carbonyl (C=O) groups is 2. The van der Waals surface area contributed by atoms with E-state index in [1.54, 1.807) is 13.3 Å². The number of methoxy groups -OCH3 is 1. The summed E-state index contributed by atoms with van der Waals surface area (Å²) < 4.78 is 5.23. The number of rotatable bonds is 13. The first kappa shape index (κ1) is 28.3. The highest BCUT2D eigenvalue weighted by Crippen LogP contribution is 2.29. The molecule has 9 nitrogen and oxygen atoms in total. The first-order valence-corrected chi connectivity index (χ1v) is 12.9. The molecular formula is C28H40N6O3. The van der Waals surface area contributed by atoms with Crippen molar-refractivity contribution in [2.45, 2.75) is 46.4 Å². The highest BCUT2D eigenvalue weighted by atomic mass is 16.5. The lowest BCUT2D eigenvalue weighted by atomic mass is 9.94. The Hall–Kier alpha value is -3.30. The van der Waals surface area contributed by atoms with Gasteiger partial charge in [0.25, 0.3) is 0 Å². The second kappa shape index (κ2) is 13.9. The van der Waals surface area contributed by atoms with Crippen LogP contribution in [0.3, 0.4) is 0 Å². The maximum Gasteiger partial charge on any atom is 0.246 e. The van der Waals surface area contributed by atoms with Crippen molar-refractivity contribution in [1.82, 2.24) is 19.8 Å². The summed E-state index contributed by atoms with van der Waals surface area (Å²) >= 11 is 0. The number of hydrogen-bond acceptors (Lipinski definition) is 7. The summed E-state index contributed by atoms with van der Waals surface area (Å²) in [6, 6.07) is 8.98. The van der Waals surface area contributed by atoms with Crippen molar-refractivity contribution in [3.05, 3.63) is 59.8 Å². The molecule has 2 heterocycles. The predicted molar refractivity (Wildman–Crippen MR) is 146 cm³/mol. The lowest BCUT2D eigenvalue weighted by Gasteiger charge is -2.40. The monoisotopic (exact) mass is 508 g/mol. The highest BCUT2D eigenvalue weighted by molar-refractivity contribution is 5.87. The molecule has 0 saturated carbocycles. The van der Waals surface area contributed by atoms with Gasteiger partial charge in [0.15, 0.2) is 0 Å². The van der Waals surface area contributed by atoms with Crippen LogP contribution in [0.2, 0.25) is 0 Å². The van der Waals surface area contributed by atoms with E-state index in [9.17, 15) is 9.59 Å². The van der Waals surface area contributed by atoms with Gasteiger partial charge in [-0.2, -0.15) is 4.98 Å². The van der Waals surface area contributed by atoms with E-state index in [4.69, 9.17) is 4.74 Å². The summed E-state index contributed by atoms with van der Waals surface area (Å²) in [5.41, 5.74) is 3.16. The van der Waals surface area contributed by atoms with E-state index in [2.05, 4.69) is 64.9 Å². The number of nitrogens with one attached hydrogen (secondary N) is 1. The molecule has 1 atom stereocenters. The minimum absolute atomic E-state index is 0.00918. The third-order valence-corrected chi connectivity index (χ3v) is 6.63. The molecule has 1 unspecified atom stereocenters. The van der Waals surface area contributed by atoms with Gasteiger partial charge in [0.2, 0.25) is 18.3 Å². The summed E-state index contributed by atoms with van der Waals surface area (Å²) in [6.45, 7) is 14.6. The summed E-state index contributed by atoms with van der Waals surface area (Å²) in [5, 5.41) is 3.28. The van der Waals surface area contributed by atoms with Crippen LogP contribution in [0.15, 0.2) is 43.1 Å². The van der Waals surface area contributed by atoms with Crippen LogP contribution in [0, 0.1) is 5.92 Å². The fourth-order valence-electron chi connectivity index (χ4n) is 4.63. The quantitative estimate of drug-likeness (QED) is 0.326. The van der Waals surface area contributed by atoms with Gasteiger partial charge in [-0.15, -0.1) is 0 Å². The number of carbonyl (C=O) groups excluding carboxylic acids is 2. The minimum atomic E-state index is 0.00918. The first-order valence-electron chi connectivity index (χ1n) is 12.9.